The molecule has 18 heavy (non-hydrogen) atoms. The van der Waals surface area contributed by atoms with E-state index >= 15 is 0 Å². The lowest BCUT2D eigenvalue weighted by molar-refractivity contribution is -0.137. The topological polar surface area (TPSA) is 69.6 Å². The van der Waals surface area contributed by atoms with Gasteiger partial charge in [0.1, 0.15) is 0 Å². The van der Waals surface area contributed by atoms with Crippen molar-refractivity contribution in [3.05, 3.63) is 29.3 Å². The van der Waals surface area contributed by atoms with Crippen molar-refractivity contribution >= 4 is 17.7 Å². The predicted molar refractivity (Wildman–Crippen MR) is 69.8 cm³/mol. The Morgan fingerprint density at radius 2 is 1.83 bits per heavy atom. The van der Waals surface area contributed by atoms with E-state index in [1.165, 1.54) is 4.90 Å². The number of amides is 2. The molecule has 1 aromatic carbocycles. The number of carboxylic acids is 1. The first-order valence-electron chi connectivity index (χ1n) is 5.72. The van der Waals surface area contributed by atoms with Crippen LogP contribution in [0.15, 0.2) is 18.2 Å². The monoisotopic (exact) mass is 250 g/mol. The number of carbonyl (C=O) groups excluding carboxylic acids is 1. The predicted octanol–water partition coefficient (Wildman–Crippen LogP) is 2.24. The molecule has 0 saturated carbocycles. The second kappa shape index (κ2) is 6.05. The summed E-state index contributed by atoms with van der Waals surface area (Å²) >= 11 is 0. The lowest BCUT2D eigenvalue weighted by Crippen LogP contribution is -2.33. The van der Waals surface area contributed by atoms with Gasteiger partial charge in [0.05, 0.1) is 6.42 Å². The Bertz CT molecular complexity index is 437. The highest BCUT2D eigenvalue weighted by Gasteiger charge is 2.12. The highest BCUT2D eigenvalue weighted by Crippen LogP contribution is 2.19. The molecule has 2 amide bonds. The molecule has 0 aliphatic carbocycles. The third kappa shape index (κ3) is 3.76. The Balaban J connectivity index is 2.67. The molecule has 0 atom stereocenters. The summed E-state index contributed by atoms with van der Waals surface area (Å²) in [5, 5.41) is 11.4. The van der Waals surface area contributed by atoms with Gasteiger partial charge in [-0.2, -0.15) is 0 Å². The maximum atomic E-state index is 11.9. The summed E-state index contributed by atoms with van der Waals surface area (Å²) in [6.45, 7) is 4.02. The Morgan fingerprint density at radius 3 is 2.33 bits per heavy atom. The molecule has 0 heterocycles. The van der Waals surface area contributed by atoms with Crippen molar-refractivity contribution in [2.45, 2.75) is 20.3 Å². The van der Waals surface area contributed by atoms with Crippen LogP contribution in [-0.2, 0) is 4.79 Å². The number of rotatable bonds is 4. The minimum atomic E-state index is -0.915. The van der Waals surface area contributed by atoms with Crippen LogP contribution in [0.1, 0.15) is 17.5 Å². The van der Waals surface area contributed by atoms with E-state index in [1.807, 2.05) is 32.0 Å². The smallest absolute Gasteiger partial charge is 0.321 e. The molecule has 98 valence electrons. The fourth-order valence-corrected chi connectivity index (χ4v) is 1.58. The number of urea groups is 1. The zero-order chi connectivity index (χ0) is 13.7. The average molecular weight is 250 g/mol. The van der Waals surface area contributed by atoms with Gasteiger partial charge in [-0.1, -0.05) is 18.2 Å². The second-order valence-electron chi connectivity index (χ2n) is 4.26. The largest absolute Gasteiger partial charge is 0.481 e. The Labute approximate surface area is 106 Å². The lowest BCUT2D eigenvalue weighted by atomic mass is 10.1. The summed E-state index contributed by atoms with van der Waals surface area (Å²) in [4.78, 5) is 23.6. The van der Waals surface area contributed by atoms with E-state index in [2.05, 4.69) is 5.32 Å². The van der Waals surface area contributed by atoms with Gasteiger partial charge in [0.25, 0.3) is 0 Å². The number of benzene rings is 1. The number of aryl methyl sites for hydroxylation is 2. The highest BCUT2D eigenvalue weighted by molar-refractivity contribution is 5.91. The molecule has 0 radical (unpaired) electrons. The number of nitrogens with zero attached hydrogens (tertiary/aromatic N) is 1. The van der Waals surface area contributed by atoms with Crippen LogP contribution in [0.5, 0.6) is 0 Å². The maximum Gasteiger partial charge on any atom is 0.321 e. The molecular weight excluding hydrogens is 232 g/mol. The van der Waals surface area contributed by atoms with Crippen LogP contribution in [0.4, 0.5) is 10.5 Å². The molecule has 0 aliphatic heterocycles. The van der Waals surface area contributed by atoms with Crippen LogP contribution < -0.4 is 5.32 Å². The van der Waals surface area contributed by atoms with Crippen LogP contribution in [0, 0.1) is 13.8 Å². The zero-order valence-electron chi connectivity index (χ0n) is 10.9. The van der Waals surface area contributed by atoms with Crippen molar-refractivity contribution in [1.29, 1.82) is 0 Å². The van der Waals surface area contributed by atoms with Crippen molar-refractivity contribution in [1.82, 2.24) is 4.90 Å². The average Bonchev–Trinajstić information content (AvgIpc) is 2.30. The fourth-order valence-electron chi connectivity index (χ4n) is 1.58. The van der Waals surface area contributed by atoms with Gasteiger partial charge >= 0.3 is 12.0 Å². The Morgan fingerprint density at radius 1 is 1.28 bits per heavy atom. The fraction of sp³-hybridized carbons (Fsp3) is 0.385. The van der Waals surface area contributed by atoms with E-state index in [0.29, 0.717) is 0 Å². The molecule has 0 unspecified atom stereocenters. The quantitative estimate of drug-likeness (QED) is 0.861. The first-order valence-corrected chi connectivity index (χ1v) is 5.72. The molecule has 0 saturated heterocycles. The van der Waals surface area contributed by atoms with Crippen LogP contribution in [0.3, 0.4) is 0 Å². The van der Waals surface area contributed by atoms with E-state index in [0.717, 1.165) is 16.8 Å². The van der Waals surface area contributed by atoms with Crippen molar-refractivity contribution in [3.8, 4) is 0 Å². The molecule has 1 rings (SSSR count). The van der Waals surface area contributed by atoms with Crippen molar-refractivity contribution < 1.29 is 14.7 Å². The van der Waals surface area contributed by atoms with Crippen LogP contribution in [0.25, 0.3) is 0 Å². The number of carboxylic acid groups (broad SMARTS) is 1. The van der Waals surface area contributed by atoms with Gasteiger partial charge in [0.2, 0.25) is 0 Å². The number of hydrogen-bond acceptors (Lipinski definition) is 2. The summed E-state index contributed by atoms with van der Waals surface area (Å²) in [7, 11) is 1.58. The number of hydrogen-bond donors (Lipinski definition) is 2. The Kier molecular flexibility index (Phi) is 4.71. The van der Waals surface area contributed by atoms with E-state index in [-0.39, 0.29) is 19.0 Å². The summed E-state index contributed by atoms with van der Waals surface area (Å²) in [5.74, 6) is -0.915. The van der Waals surface area contributed by atoms with Crippen LogP contribution in [0.2, 0.25) is 0 Å². The minimum Gasteiger partial charge on any atom is -0.481 e. The summed E-state index contributed by atoms with van der Waals surface area (Å²) < 4.78 is 0. The van der Waals surface area contributed by atoms with Gasteiger partial charge < -0.3 is 15.3 Å². The van der Waals surface area contributed by atoms with Crippen molar-refractivity contribution in [2.24, 2.45) is 0 Å². The molecule has 5 nitrogen and oxygen atoms in total. The van der Waals surface area contributed by atoms with Crippen molar-refractivity contribution in [3.63, 3.8) is 0 Å². The van der Waals surface area contributed by atoms with E-state index < -0.39 is 5.97 Å². The van der Waals surface area contributed by atoms with E-state index in [4.69, 9.17) is 5.11 Å². The standard InChI is InChI=1S/C13H18N2O3/c1-9-5-4-6-10(2)12(9)14-13(18)15(3)8-7-11(16)17/h4-6H,7-8H2,1-3H3,(H,14,18)(H,16,17). The number of para-hydroxylation sites is 1. The number of nitrogens with one attached hydrogen (secondary N) is 1. The number of anilines is 1. The third-order valence-electron chi connectivity index (χ3n) is 2.72. The van der Waals surface area contributed by atoms with E-state index in [1.54, 1.807) is 7.05 Å². The highest BCUT2D eigenvalue weighted by atomic mass is 16.4. The maximum absolute atomic E-state index is 11.9. The second-order valence-corrected chi connectivity index (χ2v) is 4.26. The molecule has 0 aromatic heterocycles. The molecule has 0 aliphatic rings. The zero-order valence-corrected chi connectivity index (χ0v) is 10.9. The Hall–Kier alpha value is -2.04. The SMILES string of the molecule is Cc1cccc(C)c1NC(=O)N(C)CCC(=O)O. The molecule has 0 fully saturated rings. The third-order valence-corrected chi connectivity index (χ3v) is 2.72. The van der Waals surface area contributed by atoms with Gasteiger partial charge in [-0.3, -0.25) is 4.79 Å². The molecular formula is C13H18N2O3. The minimum absolute atomic E-state index is 0.0589. The van der Waals surface area contributed by atoms with Crippen molar-refractivity contribution in [2.75, 3.05) is 18.9 Å². The van der Waals surface area contributed by atoms with Gasteiger partial charge in [0, 0.05) is 19.3 Å². The van der Waals surface area contributed by atoms with Crippen LogP contribution >= 0.6 is 0 Å². The van der Waals surface area contributed by atoms with Gasteiger partial charge in [-0.15, -0.1) is 0 Å². The summed E-state index contributed by atoms with van der Waals surface area (Å²) in [6, 6.07) is 5.46. The molecule has 2 N–H and O–H groups in total. The molecule has 0 spiro atoms. The number of aliphatic carboxylic acids is 1. The van der Waals surface area contributed by atoms with Gasteiger partial charge in [0.15, 0.2) is 0 Å². The van der Waals surface area contributed by atoms with Gasteiger partial charge in [-0.25, -0.2) is 4.79 Å². The summed E-state index contributed by atoms with van der Waals surface area (Å²) in [6.07, 6.45) is -0.0589. The molecule has 5 heteroatoms. The van der Waals surface area contributed by atoms with Gasteiger partial charge in [-0.05, 0) is 25.0 Å². The number of carbonyl (C=O) groups is 2. The summed E-state index contributed by atoms with van der Waals surface area (Å²) in [5.41, 5.74) is 2.75. The first kappa shape index (κ1) is 14.0. The first-order chi connectivity index (χ1) is 8.41. The van der Waals surface area contributed by atoms with E-state index in [9.17, 15) is 9.59 Å². The normalized spacial score (nSPS) is 9.94. The molecule has 1 aromatic rings. The van der Waals surface area contributed by atoms with Crippen LogP contribution in [-0.4, -0.2) is 35.6 Å². The lowest BCUT2D eigenvalue weighted by Gasteiger charge is -2.19. The molecule has 0 bridgehead atoms.